The standard InChI is InChI=1S/C11H19NO2S/c1-5-6-9-7-10(13)12(8-9)15(14)11(2,3)4/h7H,5-6,8H2,1-4H3/t15-/m1/s1. The first-order valence-electron chi connectivity index (χ1n) is 5.29. The van der Waals surface area contributed by atoms with E-state index in [9.17, 15) is 9.00 Å². The van der Waals surface area contributed by atoms with Crippen molar-refractivity contribution in [3.8, 4) is 0 Å². The van der Waals surface area contributed by atoms with Gasteiger partial charge in [0.2, 0.25) is 0 Å². The summed E-state index contributed by atoms with van der Waals surface area (Å²) in [6.07, 6.45) is 3.58. The van der Waals surface area contributed by atoms with Crippen LogP contribution in [-0.4, -0.2) is 25.7 Å². The van der Waals surface area contributed by atoms with E-state index in [4.69, 9.17) is 0 Å². The third kappa shape index (κ3) is 2.91. The minimum Gasteiger partial charge on any atom is -0.269 e. The lowest BCUT2D eigenvalue weighted by molar-refractivity contribution is -0.120. The van der Waals surface area contributed by atoms with Crippen LogP contribution in [0, 0.1) is 0 Å². The van der Waals surface area contributed by atoms with Crippen LogP contribution in [0.1, 0.15) is 40.5 Å². The summed E-state index contributed by atoms with van der Waals surface area (Å²) >= 11 is 0. The van der Waals surface area contributed by atoms with Crippen molar-refractivity contribution in [2.45, 2.75) is 45.3 Å². The molecular weight excluding hydrogens is 210 g/mol. The molecule has 0 radical (unpaired) electrons. The van der Waals surface area contributed by atoms with E-state index in [-0.39, 0.29) is 10.7 Å². The Morgan fingerprint density at radius 1 is 1.47 bits per heavy atom. The highest BCUT2D eigenvalue weighted by molar-refractivity contribution is 7.84. The molecule has 0 saturated carbocycles. The highest BCUT2D eigenvalue weighted by Gasteiger charge is 2.32. The number of nitrogens with zero attached hydrogens (tertiary/aromatic N) is 1. The van der Waals surface area contributed by atoms with Crippen LogP contribution in [-0.2, 0) is 15.8 Å². The van der Waals surface area contributed by atoms with E-state index in [0.29, 0.717) is 6.54 Å². The predicted octanol–water partition coefficient (Wildman–Crippen LogP) is 2.02. The van der Waals surface area contributed by atoms with Crippen molar-refractivity contribution in [2.24, 2.45) is 0 Å². The van der Waals surface area contributed by atoms with Crippen molar-refractivity contribution in [3.05, 3.63) is 11.6 Å². The lowest BCUT2D eigenvalue weighted by Crippen LogP contribution is -2.38. The van der Waals surface area contributed by atoms with E-state index in [2.05, 4.69) is 6.92 Å². The lowest BCUT2D eigenvalue weighted by atomic mass is 10.2. The van der Waals surface area contributed by atoms with Crippen LogP contribution in [0.15, 0.2) is 11.6 Å². The van der Waals surface area contributed by atoms with Crippen molar-refractivity contribution in [1.29, 1.82) is 0 Å². The molecule has 3 nitrogen and oxygen atoms in total. The summed E-state index contributed by atoms with van der Waals surface area (Å²) in [7, 11) is -1.24. The predicted molar refractivity (Wildman–Crippen MR) is 62.6 cm³/mol. The van der Waals surface area contributed by atoms with Gasteiger partial charge in [0, 0.05) is 6.08 Å². The summed E-state index contributed by atoms with van der Waals surface area (Å²) in [6, 6.07) is 0. The van der Waals surface area contributed by atoms with Crippen LogP contribution in [0.5, 0.6) is 0 Å². The Morgan fingerprint density at radius 3 is 2.53 bits per heavy atom. The summed E-state index contributed by atoms with van der Waals surface area (Å²) in [5, 5.41) is 0. The summed E-state index contributed by atoms with van der Waals surface area (Å²) < 4.78 is 13.1. The average molecular weight is 229 g/mol. The molecule has 4 heteroatoms. The Labute approximate surface area is 94.1 Å². The van der Waals surface area contributed by atoms with E-state index in [1.165, 1.54) is 4.31 Å². The number of carbonyl (C=O) groups excluding carboxylic acids is 1. The summed E-state index contributed by atoms with van der Waals surface area (Å²) in [6.45, 7) is 8.27. The Hall–Kier alpha value is -0.640. The van der Waals surface area contributed by atoms with Crippen LogP contribution in [0.3, 0.4) is 0 Å². The van der Waals surface area contributed by atoms with Crippen molar-refractivity contribution in [1.82, 2.24) is 4.31 Å². The Morgan fingerprint density at radius 2 is 2.07 bits per heavy atom. The molecule has 0 fully saturated rings. The van der Waals surface area contributed by atoms with Crippen LogP contribution in [0.25, 0.3) is 0 Å². The van der Waals surface area contributed by atoms with Crippen LogP contribution in [0.4, 0.5) is 0 Å². The Kier molecular flexibility index (Phi) is 3.71. The second kappa shape index (κ2) is 4.47. The zero-order valence-corrected chi connectivity index (χ0v) is 10.7. The summed E-state index contributed by atoms with van der Waals surface area (Å²) in [5.41, 5.74) is 1.10. The van der Waals surface area contributed by atoms with Gasteiger partial charge in [0.15, 0.2) is 0 Å². The van der Waals surface area contributed by atoms with Gasteiger partial charge in [-0.15, -0.1) is 0 Å². The van der Waals surface area contributed by atoms with Gasteiger partial charge in [0.05, 0.1) is 11.3 Å². The van der Waals surface area contributed by atoms with Gasteiger partial charge >= 0.3 is 0 Å². The van der Waals surface area contributed by atoms with Gasteiger partial charge in [0.1, 0.15) is 11.0 Å². The number of rotatable bonds is 3. The first-order chi connectivity index (χ1) is 6.86. The number of amides is 1. The minimum absolute atomic E-state index is 0.105. The topological polar surface area (TPSA) is 37.4 Å². The lowest BCUT2D eigenvalue weighted by Gasteiger charge is -2.25. The zero-order valence-electron chi connectivity index (χ0n) is 9.87. The van der Waals surface area contributed by atoms with Crippen molar-refractivity contribution in [2.75, 3.05) is 6.54 Å². The molecule has 0 aromatic carbocycles. The molecule has 86 valence electrons. The SMILES string of the molecule is CCCC1=CC(=O)N([S@](=O)C(C)(C)C)C1. The maximum Gasteiger partial charge on any atom is 0.258 e. The van der Waals surface area contributed by atoms with E-state index in [1.54, 1.807) is 6.08 Å². The Bertz CT molecular complexity index is 315. The largest absolute Gasteiger partial charge is 0.269 e. The van der Waals surface area contributed by atoms with Gasteiger partial charge in [-0.25, -0.2) is 4.21 Å². The molecule has 0 aromatic heterocycles. The third-order valence-electron chi connectivity index (χ3n) is 2.22. The van der Waals surface area contributed by atoms with Crippen LogP contribution < -0.4 is 0 Å². The number of carbonyl (C=O) groups is 1. The van der Waals surface area contributed by atoms with E-state index >= 15 is 0 Å². The maximum absolute atomic E-state index is 12.0. The molecule has 1 aliphatic rings. The van der Waals surface area contributed by atoms with Crippen molar-refractivity contribution < 1.29 is 9.00 Å². The highest BCUT2D eigenvalue weighted by atomic mass is 32.2. The van der Waals surface area contributed by atoms with Crippen LogP contribution in [0.2, 0.25) is 0 Å². The normalized spacial score (nSPS) is 19.3. The van der Waals surface area contributed by atoms with Gasteiger partial charge in [-0.1, -0.05) is 13.3 Å². The third-order valence-corrected chi connectivity index (χ3v) is 3.97. The van der Waals surface area contributed by atoms with Gasteiger partial charge in [-0.3, -0.25) is 9.10 Å². The van der Waals surface area contributed by atoms with E-state index < -0.39 is 11.0 Å². The van der Waals surface area contributed by atoms with Crippen LogP contribution >= 0.6 is 0 Å². The summed E-state index contributed by atoms with van der Waals surface area (Å²) in [4.78, 5) is 11.6. The molecule has 1 rings (SSSR count). The molecule has 0 spiro atoms. The molecule has 1 atom stereocenters. The second-order valence-electron chi connectivity index (χ2n) is 4.79. The number of hydrogen-bond donors (Lipinski definition) is 0. The first-order valence-corrected chi connectivity index (χ1v) is 6.40. The molecular formula is C11H19NO2S. The van der Waals surface area contributed by atoms with Gasteiger partial charge < -0.3 is 0 Å². The molecule has 0 bridgehead atoms. The zero-order chi connectivity index (χ0) is 11.6. The molecule has 1 heterocycles. The van der Waals surface area contributed by atoms with Gasteiger partial charge in [0.25, 0.3) is 5.91 Å². The molecule has 0 aliphatic carbocycles. The fraction of sp³-hybridized carbons (Fsp3) is 0.727. The molecule has 0 saturated heterocycles. The molecule has 15 heavy (non-hydrogen) atoms. The first kappa shape index (κ1) is 12.4. The maximum atomic E-state index is 12.0. The van der Waals surface area contributed by atoms with Crippen molar-refractivity contribution in [3.63, 3.8) is 0 Å². The van der Waals surface area contributed by atoms with Gasteiger partial charge in [-0.2, -0.15) is 0 Å². The smallest absolute Gasteiger partial charge is 0.258 e. The number of hydrogen-bond acceptors (Lipinski definition) is 2. The fourth-order valence-corrected chi connectivity index (χ4v) is 2.66. The Balaban J connectivity index is 2.71. The molecule has 1 amide bonds. The minimum atomic E-state index is -1.24. The molecule has 0 N–H and O–H groups in total. The second-order valence-corrected chi connectivity index (χ2v) is 6.95. The van der Waals surface area contributed by atoms with Gasteiger partial charge in [-0.05, 0) is 32.8 Å². The van der Waals surface area contributed by atoms with Crippen molar-refractivity contribution >= 4 is 16.9 Å². The molecule has 0 aromatic rings. The fourth-order valence-electron chi connectivity index (χ4n) is 1.50. The monoisotopic (exact) mass is 229 g/mol. The highest BCUT2D eigenvalue weighted by Crippen LogP contribution is 2.23. The average Bonchev–Trinajstić information content (AvgIpc) is 2.44. The summed E-state index contributed by atoms with van der Waals surface area (Å²) in [5.74, 6) is -0.105. The van der Waals surface area contributed by atoms with E-state index in [0.717, 1.165) is 18.4 Å². The van der Waals surface area contributed by atoms with E-state index in [1.807, 2.05) is 20.8 Å². The molecule has 0 unspecified atom stereocenters. The molecule has 1 aliphatic heterocycles. The quantitative estimate of drug-likeness (QED) is 0.742.